The van der Waals surface area contributed by atoms with Crippen molar-refractivity contribution in [2.24, 2.45) is 5.73 Å². The van der Waals surface area contributed by atoms with Crippen LogP contribution in [0, 0.1) is 11.6 Å². The van der Waals surface area contributed by atoms with Crippen molar-refractivity contribution in [3.05, 3.63) is 29.3 Å². The quantitative estimate of drug-likeness (QED) is 0.833. The largest absolute Gasteiger partial charge is 0.505 e. The van der Waals surface area contributed by atoms with E-state index >= 15 is 0 Å². The molecule has 2 rings (SSSR count). The highest BCUT2D eigenvalue weighted by atomic mass is 19.1. The minimum absolute atomic E-state index is 0.318. The number of hydrogen-bond acceptors (Lipinski definition) is 2. The molecule has 0 saturated heterocycles. The van der Waals surface area contributed by atoms with Gasteiger partial charge in [-0.1, -0.05) is 6.42 Å². The fourth-order valence-electron chi connectivity index (χ4n) is 2.50. The van der Waals surface area contributed by atoms with Crippen LogP contribution in [0.4, 0.5) is 8.78 Å². The summed E-state index contributed by atoms with van der Waals surface area (Å²) in [5, 5.41) is 9.67. The first-order valence-corrected chi connectivity index (χ1v) is 5.48. The molecule has 4 heteroatoms. The predicted octanol–water partition coefficient (Wildman–Crippen LogP) is 2.44. The van der Waals surface area contributed by atoms with E-state index in [1.54, 1.807) is 0 Å². The predicted molar refractivity (Wildman–Crippen MR) is 57.2 cm³/mol. The maximum atomic E-state index is 13.2. The van der Waals surface area contributed by atoms with Gasteiger partial charge in [0.2, 0.25) is 0 Å². The van der Waals surface area contributed by atoms with Crippen LogP contribution in [0.2, 0.25) is 0 Å². The van der Waals surface area contributed by atoms with Gasteiger partial charge in [0.25, 0.3) is 0 Å². The third kappa shape index (κ3) is 1.67. The summed E-state index contributed by atoms with van der Waals surface area (Å²) in [5.41, 5.74) is 5.58. The Balaban J connectivity index is 2.45. The molecular weight excluding hydrogens is 212 g/mol. The van der Waals surface area contributed by atoms with Crippen molar-refractivity contribution in [3.8, 4) is 5.75 Å². The van der Waals surface area contributed by atoms with Crippen molar-refractivity contribution in [2.45, 2.75) is 31.1 Å². The maximum Gasteiger partial charge on any atom is 0.168 e. The van der Waals surface area contributed by atoms with Crippen molar-refractivity contribution < 1.29 is 13.9 Å². The molecule has 1 aliphatic rings. The number of halogens is 2. The summed E-state index contributed by atoms with van der Waals surface area (Å²) < 4.78 is 26.4. The molecule has 0 bridgehead atoms. The molecule has 2 nitrogen and oxygen atoms in total. The molecule has 0 radical (unpaired) electrons. The fraction of sp³-hybridized carbons (Fsp3) is 0.500. The number of aromatic hydroxyl groups is 1. The van der Waals surface area contributed by atoms with Crippen LogP contribution in [0.3, 0.4) is 0 Å². The van der Waals surface area contributed by atoms with Crippen LogP contribution < -0.4 is 5.73 Å². The Hall–Kier alpha value is -1.16. The second kappa shape index (κ2) is 4.01. The highest BCUT2D eigenvalue weighted by Gasteiger charge is 2.40. The second-order valence-corrected chi connectivity index (χ2v) is 4.46. The van der Waals surface area contributed by atoms with Gasteiger partial charge >= 0.3 is 0 Å². The van der Waals surface area contributed by atoms with Crippen molar-refractivity contribution in [3.63, 3.8) is 0 Å². The van der Waals surface area contributed by atoms with Gasteiger partial charge < -0.3 is 10.8 Å². The van der Waals surface area contributed by atoms with Gasteiger partial charge in [-0.05, 0) is 31.9 Å². The Morgan fingerprint density at radius 3 is 2.50 bits per heavy atom. The zero-order chi connectivity index (χ0) is 11.8. The molecule has 0 atom stereocenters. The minimum Gasteiger partial charge on any atom is -0.505 e. The van der Waals surface area contributed by atoms with Crippen LogP contribution in [0.25, 0.3) is 0 Å². The third-order valence-electron chi connectivity index (χ3n) is 3.53. The molecule has 16 heavy (non-hydrogen) atoms. The molecule has 3 N–H and O–H groups in total. The molecule has 0 heterocycles. The van der Waals surface area contributed by atoms with Crippen LogP contribution in [-0.2, 0) is 5.41 Å². The van der Waals surface area contributed by atoms with Gasteiger partial charge in [-0.2, -0.15) is 0 Å². The zero-order valence-corrected chi connectivity index (χ0v) is 8.97. The van der Waals surface area contributed by atoms with Crippen LogP contribution in [0.15, 0.2) is 12.1 Å². The average molecular weight is 227 g/mol. The fourth-order valence-corrected chi connectivity index (χ4v) is 2.50. The maximum absolute atomic E-state index is 13.2. The molecule has 1 fully saturated rings. The summed E-state index contributed by atoms with van der Waals surface area (Å²) in [5.74, 6) is -1.96. The first-order valence-electron chi connectivity index (χ1n) is 5.48. The number of hydrogen-bond donors (Lipinski definition) is 2. The average Bonchev–Trinajstić information content (AvgIpc) is 2.17. The first-order chi connectivity index (χ1) is 7.59. The van der Waals surface area contributed by atoms with Crippen LogP contribution in [0.5, 0.6) is 5.75 Å². The topological polar surface area (TPSA) is 46.2 Å². The van der Waals surface area contributed by atoms with Crippen LogP contribution >= 0.6 is 0 Å². The summed E-state index contributed by atoms with van der Waals surface area (Å²) in [6.45, 7) is 0.456. The van der Waals surface area contributed by atoms with E-state index in [1.165, 1.54) is 6.07 Å². The first kappa shape index (κ1) is 11.3. The van der Waals surface area contributed by atoms with E-state index in [0.717, 1.165) is 19.3 Å². The molecule has 0 spiro atoms. The number of nitrogens with two attached hydrogens (primary N) is 1. The summed E-state index contributed by atoms with van der Waals surface area (Å²) in [6.07, 6.45) is 3.34. The lowest BCUT2D eigenvalue weighted by atomic mass is 9.62. The van der Waals surface area contributed by atoms with Gasteiger partial charge in [-0.3, -0.25) is 0 Å². The number of benzene rings is 1. The van der Waals surface area contributed by atoms with Gasteiger partial charge in [0.05, 0.1) is 0 Å². The van der Waals surface area contributed by atoms with Gasteiger partial charge in [-0.25, -0.2) is 8.78 Å². The monoisotopic (exact) mass is 227 g/mol. The summed E-state index contributed by atoms with van der Waals surface area (Å²) in [7, 11) is 0. The molecular formula is C12H15F2NO. The summed E-state index contributed by atoms with van der Waals surface area (Å²) >= 11 is 0. The molecule has 0 unspecified atom stereocenters. The normalized spacial score (nSPS) is 18.2. The van der Waals surface area contributed by atoms with E-state index in [0.29, 0.717) is 24.6 Å². The molecule has 0 aromatic heterocycles. The Bertz CT molecular complexity index is 402. The standard InChI is InChI=1S/C12H15F2NO/c13-8-6-9(11(16)10(14)7-8)12(4-5-15)2-1-3-12/h6-7,16H,1-5,15H2. The van der Waals surface area contributed by atoms with Crippen molar-refractivity contribution in [2.75, 3.05) is 6.54 Å². The molecule has 0 aliphatic heterocycles. The lowest BCUT2D eigenvalue weighted by Crippen LogP contribution is -2.36. The summed E-state index contributed by atoms with van der Waals surface area (Å²) in [4.78, 5) is 0. The molecule has 88 valence electrons. The van der Waals surface area contributed by atoms with Crippen LogP contribution in [-0.4, -0.2) is 11.7 Å². The van der Waals surface area contributed by atoms with Gasteiger partial charge in [0.1, 0.15) is 5.82 Å². The number of phenolic OH excluding ortho intramolecular Hbond substituents is 1. The van der Waals surface area contributed by atoms with E-state index in [2.05, 4.69) is 0 Å². The lowest BCUT2D eigenvalue weighted by Gasteiger charge is -2.42. The Kier molecular flexibility index (Phi) is 2.84. The molecule has 1 saturated carbocycles. The smallest absolute Gasteiger partial charge is 0.168 e. The number of rotatable bonds is 3. The SMILES string of the molecule is NCCC1(c2cc(F)cc(F)c2O)CCC1. The van der Waals surface area contributed by atoms with Gasteiger partial charge in [-0.15, -0.1) is 0 Å². The van der Waals surface area contributed by atoms with Gasteiger partial charge in [0, 0.05) is 17.0 Å². The highest BCUT2D eigenvalue weighted by molar-refractivity contribution is 5.41. The molecule has 1 aromatic rings. The van der Waals surface area contributed by atoms with E-state index in [-0.39, 0.29) is 5.41 Å². The summed E-state index contributed by atoms with van der Waals surface area (Å²) in [6, 6.07) is 1.93. The molecule has 1 aromatic carbocycles. The van der Waals surface area contributed by atoms with Crippen molar-refractivity contribution >= 4 is 0 Å². The lowest BCUT2D eigenvalue weighted by molar-refractivity contribution is 0.219. The van der Waals surface area contributed by atoms with Gasteiger partial charge in [0.15, 0.2) is 11.6 Å². The third-order valence-corrected chi connectivity index (χ3v) is 3.53. The van der Waals surface area contributed by atoms with Crippen molar-refractivity contribution in [1.82, 2.24) is 0 Å². The zero-order valence-electron chi connectivity index (χ0n) is 8.97. The van der Waals surface area contributed by atoms with Crippen molar-refractivity contribution in [1.29, 1.82) is 0 Å². The second-order valence-electron chi connectivity index (χ2n) is 4.46. The molecule has 0 amide bonds. The Labute approximate surface area is 93.1 Å². The Morgan fingerprint density at radius 2 is 2.00 bits per heavy atom. The molecule has 1 aliphatic carbocycles. The van der Waals surface area contributed by atoms with E-state index < -0.39 is 17.4 Å². The van der Waals surface area contributed by atoms with E-state index in [1.807, 2.05) is 0 Å². The Morgan fingerprint density at radius 1 is 1.31 bits per heavy atom. The minimum atomic E-state index is -0.890. The van der Waals surface area contributed by atoms with Crippen LogP contribution in [0.1, 0.15) is 31.2 Å². The van der Waals surface area contributed by atoms with E-state index in [9.17, 15) is 13.9 Å². The van der Waals surface area contributed by atoms with E-state index in [4.69, 9.17) is 5.73 Å². The number of phenols is 1. The highest BCUT2D eigenvalue weighted by Crippen LogP contribution is 2.49.